The van der Waals surface area contributed by atoms with Gasteiger partial charge in [0, 0.05) is 11.6 Å². The van der Waals surface area contributed by atoms with Gasteiger partial charge < -0.3 is 9.67 Å². The molecular formula is C19H17F2N5O. The van der Waals surface area contributed by atoms with Crippen molar-refractivity contribution in [2.24, 2.45) is 0 Å². The molecule has 1 N–H and O–H groups in total. The van der Waals surface area contributed by atoms with Crippen molar-refractivity contribution in [2.45, 2.75) is 25.6 Å². The lowest BCUT2D eigenvalue weighted by molar-refractivity contribution is -0.00495. The van der Waals surface area contributed by atoms with Gasteiger partial charge in [-0.25, -0.2) is 23.4 Å². The molecule has 1 atom stereocenters. The number of nitrogens with zero attached hydrogens (tertiary/aromatic N) is 5. The zero-order valence-electron chi connectivity index (χ0n) is 14.5. The van der Waals surface area contributed by atoms with Crippen molar-refractivity contribution in [2.75, 3.05) is 0 Å². The fraction of sp³-hybridized carbons (Fsp3) is 0.211. The molecule has 0 aliphatic rings. The molecule has 27 heavy (non-hydrogen) atoms. The monoisotopic (exact) mass is 369 g/mol. The summed E-state index contributed by atoms with van der Waals surface area (Å²) in [5.74, 6) is -0.848. The molecule has 2 heterocycles. The van der Waals surface area contributed by atoms with Gasteiger partial charge in [0.05, 0.1) is 24.1 Å². The molecule has 0 aliphatic heterocycles. The molecule has 0 aliphatic carbocycles. The average Bonchev–Trinajstić information content (AvgIpc) is 3.23. The standard InChI is InChI=1S/C19H17F2N5O/c1-13-24-17-4-2-3-5-18(17)26(13)10-19(27,9-25-12-22-11-23-25)15-7-6-14(20)8-16(15)21/h2-8,11-12,27H,9-10H2,1H3. The van der Waals surface area contributed by atoms with E-state index in [1.165, 1.54) is 23.4 Å². The largest absolute Gasteiger partial charge is 0.381 e. The molecule has 0 saturated carbocycles. The van der Waals surface area contributed by atoms with Crippen LogP contribution < -0.4 is 0 Å². The Kier molecular flexibility index (Phi) is 4.19. The maximum Gasteiger partial charge on any atom is 0.137 e. The average molecular weight is 369 g/mol. The van der Waals surface area contributed by atoms with Crippen LogP contribution in [0.25, 0.3) is 11.0 Å². The minimum absolute atomic E-state index is 0.0156. The number of aromatic nitrogens is 5. The van der Waals surface area contributed by atoms with Gasteiger partial charge in [0.15, 0.2) is 0 Å². The molecule has 8 heteroatoms. The Morgan fingerprint density at radius 3 is 2.67 bits per heavy atom. The zero-order valence-corrected chi connectivity index (χ0v) is 14.5. The Labute approximate surface area is 153 Å². The smallest absolute Gasteiger partial charge is 0.137 e. The van der Waals surface area contributed by atoms with Gasteiger partial charge in [-0.15, -0.1) is 0 Å². The SMILES string of the molecule is Cc1nc2ccccc2n1CC(O)(Cn1cncn1)c1ccc(F)cc1F. The third-order valence-electron chi connectivity index (χ3n) is 4.59. The topological polar surface area (TPSA) is 68.8 Å². The van der Waals surface area contributed by atoms with E-state index in [0.29, 0.717) is 5.82 Å². The number of benzene rings is 2. The lowest BCUT2D eigenvalue weighted by Gasteiger charge is -2.30. The van der Waals surface area contributed by atoms with E-state index in [-0.39, 0.29) is 18.7 Å². The van der Waals surface area contributed by atoms with E-state index in [1.54, 1.807) is 0 Å². The summed E-state index contributed by atoms with van der Waals surface area (Å²) in [5, 5.41) is 15.5. The second kappa shape index (κ2) is 6.55. The molecule has 0 amide bonds. The summed E-state index contributed by atoms with van der Waals surface area (Å²) in [6.07, 6.45) is 2.77. The number of aliphatic hydroxyl groups is 1. The molecule has 0 saturated heterocycles. The van der Waals surface area contributed by atoms with Crippen molar-refractivity contribution < 1.29 is 13.9 Å². The van der Waals surface area contributed by atoms with E-state index in [9.17, 15) is 13.9 Å². The first-order chi connectivity index (χ1) is 13.0. The number of fused-ring (bicyclic) bond motifs is 1. The predicted molar refractivity (Wildman–Crippen MR) is 94.7 cm³/mol. The highest BCUT2D eigenvalue weighted by molar-refractivity contribution is 5.75. The molecule has 1 unspecified atom stereocenters. The summed E-state index contributed by atoms with van der Waals surface area (Å²) >= 11 is 0. The summed E-state index contributed by atoms with van der Waals surface area (Å²) in [6, 6.07) is 10.6. The zero-order chi connectivity index (χ0) is 19.0. The van der Waals surface area contributed by atoms with E-state index in [4.69, 9.17) is 0 Å². The van der Waals surface area contributed by atoms with Crippen LogP contribution in [0.2, 0.25) is 0 Å². The predicted octanol–water partition coefficient (Wildman–Crippen LogP) is 2.80. The van der Waals surface area contributed by atoms with Gasteiger partial charge in [-0.05, 0) is 25.1 Å². The number of hydrogen-bond acceptors (Lipinski definition) is 4. The van der Waals surface area contributed by atoms with Crippen LogP contribution in [0.3, 0.4) is 0 Å². The Morgan fingerprint density at radius 2 is 1.93 bits per heavy atom. The van der Waals surface area contributed by atoms with Crippen LogP contribution in [0.15, 0.2) is 55.1 Å². The van der Waals surface area contributed by atoms with Crippen molar-refractivity contribution in [3.63, 3.8) is 0 Å². The van der Waals surface area contributed by atoms with Crippen molar-refractivity contribution >= 4 is 11.0 Å². The minimum atomic E-state index is -1.69. The van der Waals surface area contributed by atoms with Crippen molar-refractivity contribution in [3.8, 4) is 0 Å². The lowest BCUT2D eigenvalue weighted by Crippen LogP contribution is -2.37. The van der Waals surface area contributed by atoms with Crippen molar-refractivity contribution in [1.82, 2.24) is 24.3 Å². The van der Waals surface area contributed by atoms with Crippen LogP contribution in [-0.2, 0) is 18.7 Å². The highest BCUT2D eigenvalue weighted by atomic mass is 19.1. The third kappa shape index (κ3) is 3.19. The number of halogens is 2. The first kappa shape index (κ1) is 17.3. The van der Waals surface area contributed by atoms with Crippen LogP contribution in [0.1, 0.15) is 11.4 Å². The van der Waals surface area contributed by atoms with E-state index < -0.39 is 17.2 Å². The van der Waals surface area contributed by atoms with Crippen molar-refractivity contribution in [1.29, 1.82) is 0 Å². The summed E-state index contributed by atoms with van der Waals surface area (Å²) in [6.45, 7) is 1.78. The van der Waals surface area contributed by atoms with Gasteiger partial charge in [-0.2, -0.15) is 5.10 Å². The van der Waals surface area contributed by atoms with Gasteiger partial charge >= 0.3 is 0 Å². The quantitative estimate of drug-likeness (QED) is 0.587. The van der Waals surface area contributed by atoms with Crippen LogP contribution in [0.5, 0.6) is 0 Å². The van der Waals surface area contributed by atoms with E-state index in [2.05, 4.69) is 15.1 Å². The molecule has 2 aromatic heterocycles. The minimum Gasteiger partial charge on any atom is -0.381 e. The van der Waals surface area contributed by atoms with Crippen LogP contribution in [-0.4, -0.2) is 29.4 Å². The van der Waals surface area contributed by atoms with E-state index in [1.807, 2.05) is 35.8 Å². The number of imidazole rings is 1. The lowest BCUT2D eigenvalue weighted by atomic mass is 9.92. The summed E-state index contributed by atoms with van der Waals surface area (Å²) in [4.78, 5) is 8.36. The number of para-hydroxylation sites is 2. The normalized spacial score (nSPS) is 13.8. The van der Waals surface area contributed by atoms with Gasteiger partial charge in [0.1, 0.15) is 35.7 Å². The number of rotatable bonds is 5. The molecule has 0 spiro atoms. The molecule has 0 fully saturated rings. The fourth-order valence-corrected chi connectivity index (χ4v) is 3.33. The summed E-state index contributed by atoms with van der Waals surface area (Å²) in [5.41, 5.74) is -0.122. The Morgan fingerprint density at radius 1 is 1.11 bits per heavy atom. The van der Waals surface area contributed by atoms with Gasteiger partial charge in [0.25, 0.3) is 0 Å². The highest BCUT2D eigenvalue weighted by Gasteiger charge is 2.35. The summed E-state index contributed by atoms with van der Waals surface area (Å²) in [7, 11) is 0. The van der Waals surface area contributed by atoms with Gasteiger partial charge in [0.2, 0.25) is 0 Å². The molecule has 0 bridgehead atoms. The highest BCUT2D eigenvalue weighted by Crippen LogP contribution is 2.30. The molecule has 0 radical (unpaired) electrons. The maximum absolute atomic E-state index is 14.5. The molecule has 4 aromatic rings. The Bertz CT molecular complexity index is 1090. The van der Waals surface area contributed by atoms with Gasteiger partial charge in [-0.3, -0.25) is 0 Å². The van der Waals surface area contributed by atoms with Crippen LogP contribution in [0.4, 0.5) is 8.78 Å². The Balaban J connectivity index is 1.83. The molecular weight excluding hydrogens is 352 g/mol. The molecule has 4 rings (SSSR count). The van der Waals surface area contributed by atoms with Gasteiger partial charge in [-0.1, -0.05) is 18.2 Å². The third-order valence-corrected chi connectivity index (χ3v) is 4.59. The number of hydrogen-bond donors (Lipinski definition) is 1. The first-order valence-electron chi connectivity index (χ1n) is 8.38. The fourth-order valence-electron chi connectivity index (χ4n) is 3.33. The number of aryl methyl sites for hydroxylation is 1. The van der Waals surface area contributed by atoms with Crippen LogP contribution in [0, 0.1) is 18.6 Å². The molecule has 138 valence electrons. The maximum atomic E-state index is 14.5. The second-order valence-electron chi connectivity index (χ2n) is 6.48. The van der Waals surface area contributed by atoms with Crippen molar-refractivity contribution in [3.05, 3.63) is 78.1 Å². The van der Waals surface area contributed by atoms with E-state index >= 15 is 0 Å². The Hall–Kier alpha value is -3.13. The van der Waals surface area contributed by atoms with E-state index in [0.717, 1.165) is 23.2 Å². The first-order valence-corrected chi connectivity index (χ1v) is 8.38. The summed E-state index contributed by atoms with van der Waals surface area (Å²) < 4.78 is 31.2. The molecule has 6 nitrogen and oxygen atoms in total. The van der Waals surface area contributed by atoms with Crippen LogP contribution >= 0.6 is 0 Å². The second-order valence-corrected chi connectivity index (χ2v) is 6.48. The molecule has 2 aromatic carbocycles.